The van der Waals surface area contributed by atoms with Crippen LogP contribution in [0.3, 0.4) is 0 Å². The van der Waals surface area contributed by atoms with E-state index in [4.69, 9.17) is 30.8 Å². The van der Waals surface area contributed by atoms with E-state index in [2.05, 4.69) is 4.98 Å². The third-order valence-corrected chi connectivity index (χ3v) is 10.2. The van der Waals surface area contributed by atoms with Gasteiger partial charge in [0.25, 0.3) is 0 Å². The number of aromatic hydroxyl groups is 2. The summed E-state index contributed by atoms with van der Waals surface area (Å²) in [6, 6.07) is 6.55. The Morgan fingerprint density at radius 2 is 1.67 bits per heavy atom. The number of halogens is 2. The number of aromatic nitrogens is 2. The number of aliphatic hydroxyl groups excluding tert-OH is 3. The molecule has 7 rings (SSSR count). The highest BCUT2D eigenvalue weighted by Crippen LogP contribution is 2.52. The summed E-state index contributed by atoms with van der Waals surface area (Å²) in [4.78, 5) is 53.7. The molecule has 2 aliphatic carbocycles. The first-order chi connectivity index (χ1) is 25.3. The Hall–Kier alpha value is -4.73. The monoisotopic (exact) mass is 760 g/mol. The van der Waals surface area contributed by atoms with Gasteiger partial charge in [-0.05, 0) is 19.9 Å². The number of phenols is 2. The molecule has 290 valence electrons. The highest BCUT2D eigenvalue weighted by atomic mass is 19.3. The van der Waals surface area contributed by atoms with Gasteiger partial charge in [0, 0.05) is 53.8 Å². The van der Waals surface area contributed by atoms with Gasteiger partial charge in [0.1, 0.15) is 29.0 Å². The van der Waals surface area contributed by atoms with Crippen LogP contribution in [0, 0.1) is 0 Å². The van der Waals surface area contributed by atoms with Gasteiger partial charge in [0.2, 0.25) is 6.23 Å². The number of hydrogen-bond acceptors (Lipinski definition) is 16. The molecule has 0 spiro atoms. The maximum Gasteiger partial charge on any atom is 0.351 e. The van der Waals surface area contributed by atoms with Gasteiger partial charge in [-0.15, -0.1) is 0 Å². The van der Waals surface area contributed by atoms with Gasteiger partial charge in [0.15, 0.2) is 29.7 Å². The summed E-state index contributed by atoms with van der Waals surface area (Å²) in [5, 5.41) is 61.9. The molecule has 10 N–H and O–H groups in total. The Labute approximate surface area is 304 Å². The lowest BCUT2D eigenvalue weighted by molar-refractivity contribution is -0.247. The first-order valence-electron chi connectivity index (χ1n) is 16.8. The van der Waals surface area contributed by atoms with E-state index in [1.54, 1.807) is 19.1 Å². The summed E-state index contributed by atoms with van der Waals surface area (Å²) in [6.45, 7) is 2.01. The smallest absolute Gasteiger partial charge is 0.351 e. The number of ether oxygens (including phenoxy) is 3. The zero-order chi connectivity index (χ0) is 39.6. The molecule has 2 fully saturated rings. The van der Waals surface area contributed by atoms with Crippen LogP contribution in [0.5, 0.6) is 11.5 Å². The number of phenolic OH excluding ortho intramolecular Hbond substituents is 2. The Balaban J connectivity index is 0.000000232. The van der Waals surface area contributed by atoms with Gasteiger partial charge in [-0.3, -0.25) is 19.0 Å². The summed E-state index contributed by atoms with van der Waals surface area (Å²) < 4.78 is 44.5. The molecule has 54 heavy (non-hydrogen) atoms. The van der Waals surface area contributed by atoms with Crippen molar-refractivity contribution in [3.63, 3.8) is 0 Å². The molecule has 0 amide bonds. The maximum absolute atomic E-state index is 13.7. The van der Waals surface area contributed by atoms with Crippen molar-refractivity contribution in [3.05, 3.63) is 80.4 Å². The lowest BCUT2D eigenvalue weighted by atomic mass is 9.72. The molecule has 2 aromatic carbocycles. The van der Waals surface area contributed by atoms with Crippen molar-refractivity contribution in [1.29, 1.82) is 0 Å². The minimum atomic E-state index is -3.71. The second-order valence-corrected chi connectivity index (χ2v) is 13.7. The fourth-order valence-electron chi connectivity index (χ4n) is 7.15. The highest BCUT2D eigenvalue weighted by Gasteiger charge is 2.59. The summed E-state index contributed by atoms with van der Waals surface area (Å²) in [6.07, 6.45) is -9.06. The predicted octanol–water partition coefficient (Wildman–Crippen LogP) is -0.268. The molecule has 3 aromatic rings. The van der Waals surface area contributed by atoms with Crippen molar-refractivity contribution in [2.24, 2.45) is 5.73 Å². The molecule has 0 radical (unpaired) electrons. The number of aliphatic hydroxyl groups is 4. The molecular weight excluding hydrogens is 722 g/mol. The Kier molecular flexibility index (Phi) is 10.2. The van der Waals surface area contributed by atoms with E-state index in [0.717, 1.165) is 12.3 Å². The van der Waals surface area contributed by atoms with Crippen molar-refractivity contribution >= 4 is 23.2 Å². The molecule has 1 aromatic heterocycles. The number of hydrogen-bond donors (Lipinski definition) is 8. The standard InChI is InChI=1S/C26H27NO9.C9H11F2N3O4/c1-10-21(29)15(27)7-17(35-10)36-16-9-26(34,11(2)28)8-14-18(16)25(33)20-19(24(14)32)22(30)12-5-3-4-6-13(12)23(20)31;10-9(11)6(16)4(3-15)18-7(9)14-2-1-5(12)13-8(14)17/h3-6,10,15-17,21,29,32-34H,7-9,27H2,1-2H3;1-2,4,6-7,15-16H,3H2,(H2,12,13,17)/t10-,15-,16-,17-,21+,26-;4-,6-,7-/m01/s1. The lowest BCUT2D eigenvalue weighted by Gasteiger charge is -2.42. The van der Waals surface area contributed by atoms with Crippen LogP contribution >= 0.6 is 0 Å². The van der Waals surface area contributed by atoms with E-state index < -0.39 is 108 Å². The van der Waals surface area contributed by atoms with Crippen LogP contribution in [0.4, 0.5) is 14.6 Å². The number of alkyl halides is 2. The lowest BCUT2D eigenvalue weighted by Crippen LogP contribution is -2.52. The van der Waals surface area contributed by atoms with Gasteiger partial charge in [-0.1, -0.05) is 24.3 Å². The molecule has 0 bridgehead atoms. The molecule has 2 saturated heterocycles. The summed E-state index contributed by atoms with van der Waals surface area (Å²) >= 11 is 0. The maximum atomic E-state index is 13.7. The van der Waals surface area contributed by atoms with E-state index in [9.17, 15) is 53.5 Å². The minimum absolute atomic E-state index is 0.00588. The molecule has 3 heterocycles. The molecule has 0 saturated carbocycles. The first kappa shape index (κ1) is 39.0. The van der Waals surface area contributed by atoms with Gasteiger partial charge in [-0.25, -0.2) is 4.79 Å². The number of carbonyl (C=O) groups excluding carboxylic acids is 3. The second kappa shape index (κ2) is 14.2. The number of nitrogens with two attached hydrogens (primary N) is 2. The number of anilines is 1. The predicted molar refractivity (Wildman–Crippen MR) is 179 cm³/mol. The van der Waals surface area contributed by atoms with E-state index in [-0.39, 0.29) is 52.0 Å². The minimum Gasteiger partial charge on any atom is -0.507 e. The number of nitrogens with zero attached hydrogens (tertiary/aromatic N) is 2. The van der Waals surface area contributed by atoms with E-state index in [1.165, 1.54) is 19.1 Å². The molecule has 9 atom stereocenters. The number of ketones is 3. The SMILES string of the molecule is CC(=O)[C@]1(O)Cc2c(O)c3c(c(O)c2[C@@H](O[C@H]2C[C@H](N)[C@H](O)[C@H](C)O2)C1)C(=O)c1ccccc1C3=O.Nc1ccn([C@@H]2O[C@H](CO)[C@@H](O)C2(F)F)c(=O)n1. The summed E-state index contributed by atoms with van der Waals surface area (Å²) in [5.41, 5.74) is 7.59. The summed E-state index contributed by atoms with van der Waals surface area (Å²) in [5.74, 6) is -6.88. The molecule has 4 aliphatic rings. The number of benzene rings is 2. The molecule has 19 heteroatoms. The number of carbonyl (C=O) groups is 3. The Morgan fingerprint density at radius 3 is 2.20 bits per heavy atom. The quantitative estimate of drug-likeness (QED) is 0.122. The van der Waals surface area contributed by atoms with Crippen LogP contribution in [0.1, 0.15) is 82.0 Å². The Morgan fingerprint density at radius 1 is 1.06 bits per heavy atom. The topological polar surface area (TPSA) is 287 Å². The van der Waals surface area contributed by atoms with Crippen molar-refractivity contribution in [2.75, 3.05) is 12.3 Å². The van der Waals surface area contributed by atoms with Gasteiger partial charge in [0.05, 0.1) is 36.0 Å². The zero-order valence-corrected chi connectivity index (χ0v) is 28.8. The number of fused-ring (bicyclic) bond motifs is 3. The van der Waals surface area contributed by atoms with Gasteiger partial charge >= 0.3 is 11.6 Å². The van der Waals surface area contributed by atoms with Crippen molar-refractivity contribution in [1.82, 2.24) is 9.55 Å². The third-order valence-electron chi connectivity index (χ3n) is 10.2. The average Bonchev–Trinajstić information content (AvgIpc) is 3.34. The number of nitrogen functional groups attached to an aromatic ring is 1. The first-order valence-corrected chi connectivity index (χ1v) is 16.8. The van der Waals surface area contributed by atoms with Crippen LogP contribution in [0.15, 0.2) is 41.3 Å². The van der Waals surface area contributed by atoms with Gasteiger partial charge in [-0.2, -0.15) is 13.8 Å². The van der Waals surface area contributed by atoms with Crippen LogP contribution in [-0.2, 0) is 25.4 Å². The fraction of sp³-hybridized carbons (Fsp3) is 0.457. The second-order valence-electron chi connectivity index (χ2n) is 13.7. The Bertz CT molecular complexity index is 2070. The summed E-state index contributed by atoms with van der Waals surface area (Å²) in [7, 11) is 0. The van der Waals surface area contributed by atoms with E-state index >= 15 is 0 Å². The van der Waals surface area contributed by atoms with Crippen LogP contribution < -0.4 is 17.2 Å². The molecule has 17 nitrogen and oxygen atoms in total. The molecule has 0 unspecified atom stereocenters. The fourth-order valence-corrected chi connectivity index (χ4v) is 7.15. The van der Waals surface area contributed by atoms with Crippen LogP contribution in [0.25, 0.3) is 0 Å². The van der Waals surface area contributed by atoms with E-state index in [1.807, 2.05) is 0 Å². The number of Topliss-reactive ketones (excluding diaryl/α,β-unsaturated/α-hetero) is 1. The molecule has 2 aliphatic heterocycles. The van der Waals surface area contributed by atoms with Crippen LogP contribution in [-0.4, -0.2) is 112 Å². The largest absolute Gasteiger partial charge is 0.507 e. The molecular formula is C35H38F2N4O13. The van der Waals surface area contributed by atoms with Crippen molar-refractivity contribution in [3.8, 4) is 11.5 Å². The van der Waals surface area contributed by atoms with Crippen molar-refractivity contribution in [2.45, 2.75) is 93.7 Å². The van der Waals surface area contributed by atoms with Crippen molar-refractivity contribution < 1.29 is 68.0 Å². The third kappa shape index (κ3) is 6.45. The zero-order valence-electron chi connectivity index (χ0n) is 28.8. The average molecular weight is 761 g/mol. The highest BCUT2D eigenvalue weighted by molar-refractivity contribution is 6.30. The normalized spacial score (nSPS) is 31.1. The number of rotatable bonds is 5. The van der Waals surface area contributed by atoms with E-state index in [0.29, 0.717) is 4.57 Å². The van der Waals surface area contributed by atoms with Crippen LogP contribution in [0.2, 0.25) is 0 Å². The van der Waals surface area contributed by atoms with Gasteiger partial charge < -0.3 is 56.3 Å².